The Bertz CT molecular complexity index is 420. The van der Waals surface area contributed by atoms with Gasteiger partial charge in [-0.1, -0.05) is 6.07 Å². The summed E-state index contributed by atoms with van der Waals surface area (Å²) in [5, 5.41) is 0. The molecule has 1 aromatic rings. The molecule has 0 saturated heterocycles. The van der Waals surface area contributed by atoms with Gasteiger partial charge < -0.3 is 4.74 Å². The molecule has 0 fully saturated rings. The summed E-state index contributed by atoms with van der Waals surface area (Å²) in [6, 6.07) is 5.49. The van der Waals surface area contributed by atoms with Gasteiger partial charge >= 0.3 is 0 Å². The van der Waals surface area contributed by atoms with Crippen molar-refractivity contribution in [3.8, 4) is 5.75 Å². The quantitative estimate of drug-likeness (QED) is 0.555. The van der Waals surface area contributed by atoms with Crippen LogP contribution in [0.2, 0.25) is 0 Å². The van der Waals surface area contributed by atoms with Crippen molar-refractivity contribution in [3.05, 3.63) is 29.3 Å². The maximum atomic E-state index is 10.8. The fourth-order valence-electron chi connectivity index (χ4n) is 1.03. The van der Waals surface area contributed by atoms with Crippen molar-refractivity contribution in [1.82, 2.24) is 0 Å². The number of aliphatic imine (C=N–C) groups is 1. The normalized spacial score (nSPS) is 9.20. The molecule has 0 heterocycles. The van der Waals surface area contributed by atoms with Crippen molar-refractivity contribution in [2.45, 2.75) is 13.8 Å². The second-order valence-corrected chi connectivity index (χ2v) is 3.13. The van der Waals surface area contributed by atoms with Crippen LogP contribution in [0.4, 0.5) is 0 Å². The van der Waals surface area contributed by atoms with Gasteiger partial charge in [-0.15, -0.1) is 4.99 Å². The van der Waals surface area contributed by atoms with E-state index < -0.39 is 5.91 Å². The third-order valence-corrected chi connectivity index (χ3v) is 2.01. The number of ether oxygens (including phenoxy) is 1. The number of aryl methyl sites for hydroxylation is 2. The van der Waals surface area contributed by atoms with E-state index in [4.69, 9.17) is 4.74 Å². The minimum Gasteiger partial charge on any atom is -0.484 e. The lowest BCUT2D eigenvalue weighted by molar-refractivity contribution is -0.119. The van der Waals surface area contributed by atoms with Gasteiger partial charge in [-0.2, -0.15) is 0 Å². The number of rotatable bonds is 3. The van der Waals surface area contributed by atoms with Gasteiger partial charge in [0.05, 0.1) is 0 Å². The number of hydrogen-bond acceptors (Lipinski definition) is 3. The first-order valence-corrected chi connectivity index (χ1v) is 4.44. The average Bonchev–Trinajstić information content (AvgIpc) is 2.20. The summed E-state index contributed by atoms with van der Waals surface area (Å²) < 4.78 is 5.13. The number of hydrogen-bond donors (Lipinski definition) is 0. The van der Waals surface area contributed by atoms with Gasteiger partial charge in [-0.25, -0.2) is 4.79 Å². The number of isocyanates is 1. The van der Waals surface area contributed by atoms with E-state index in [9.17, 15) is 9.59 Å². The van der Waals surface area contributed by atoms with E-state index in [-0.39, 0.29) is 6.61 Å². The van der Waals surface area contributed by atoms with Crippen LogP contribution in [-0.2, 0) is 9.59 Å². The van der Waals surface area contributed by atoms with Gasteiger partial charge in [0.2, 0.25) is 6.08 Å². The predicted molar refractivity (Wildman–Crippen MR) is 54.5 cm³/mol. The van der Waals surface area contributed by atoms with E-state index in [2.05, 4.69) is 4.99 Å². The molecule has 0 saturated carbocycles. The van der Waals surface area contributed by atoms with Gasteiger partial charge in [-0.05, 0) is 37.1 Å². The molecule has 0 aliphatic rings. The maximum absolute atomic E-state index is 10.8. The van der Waals surface area contributed by atoms with E-state index in [0.29, 0.717) is 5.75 Å². The zero-order valence-electron chi connectivity index (χ0n) is 8.61. The molecule has 78 valence electrons. The van der Waals surface area contributed by atoms with Crippen LogP contribution in [0.25, 0.3) is 0 Å². The number of nitrogens with zero attached hydrogens (tertiary/aromatic N) is 1. The van der Waals surface area contributed by atoms with Crippen molar-refractivity contribution in [1.29, 1.82) is 0 Å². The average molecular weight is 205 g/mol. The minimum absolute atomic E-state index is 0.238. The molecule has 4 nitrogen and oxygen atoms in total. The molecule has 1 rings (SSSR count). The molecule has 0 unspecified atom stereocenters. The zero-order valence-corrected chi connectivity index (χ0v) is 8.61. The first-order chi connectivity index (χ1) is 7.13. The fourth-order valence-corrected chi connectivity index (χ4v) is 1.03. The third-order valence-electron chi connectivity index (χ3n) is 2.01. The first kappa shape index (κ1) is 11.1. The minimum atomic E-state index is -0.636. The molecule has 0 aliphatic heterocycles. The monoisotopic (exact) mass is 205 g/mol. The lowest BCUT2D eigenvalue weighted by Crippen LogP contribution is -2.08. The number of benzene rings is 1. The molecule has 0 aliphatic carbocycles. The van der Waals surface area contributed by atoms with E-state index in [1.807, 2.05) is 26.0 Å². The molecule has 1 aromatic carbocycles. The van der Waals surface area contributed by atoms with E-state index in [1.54, 1.807) is 6.07 Å². The molecular weight excluding hydrogens is 194 g/mol. The molecule has 0 atom stereocenters. The van der Waals surface area contributed by atoms with Crippen molar-refractivity contribution < 1.29 is 14.3 Å². The van der Waals surface area contributed by atoms with Crippen LogP contribution in [0.1, 0.15) is 11.1 Å². The Morgan fingerprint density at radius 2 is 2.13 bits per heavy atom. The van der Waals surface area contributed by atoms with Gasteiger partial charge in [0, 0.05) is 0 Å². The van der Waals surface area contributed by atoms with Crippen LogP contribution in [0.5, 0.6) is 5.75 Å². The highest BCUT2D eigenvalue weighted by Crippen LogP contribution is 2.16. The molecule has 0 N–H and O–H groups in total. The Hall–Kier alpha value is -1.93. The largest absolute Gasteiger partial charge is 0.484 e. The van der Waals surface area contributed by atoms with E-state index in [1.165, 1.54) is 6.08 Å². The summed E-state index contributed by atoms with van der Waals surface area (Å²) in [6.45, 7) is 3.70. The molecule has 0 aromatic heterocycles. The second-order valence-electron chi connectivity index (χ2n) is 3.13. The van der Waals surface area contributed by atoms with Crippen LogP contribution >= 0.6 is 0 Å². The Morgan fingerprint density at radius 1 is 1.40 bits per heavy atom. The van der Waals surface area contributed by atoms with Gasteiger partial charge in [0.25, 0.3) is 5.91 Å². The van der Waals surface area contributed by atoms with Gasteiger partial charge in [0.15, 0.2) is 6.61 Å². The third kappa shape index (κ3) is 3.37. The number of carbonyl (C=O) groups excluding carboxylic acids is 2. The number of amides is 1. The fraction of sp³-hybridized carbons (Fsp3) is 0.273. The standard InChI is InChI=1S/C11H11NO3/c1-8-3-4-10(5-9(8)2)15-6-11(14)12-7-13/h3-5H,6H2,1-2H3. The Kier molecular flexibility index (Phi) is 3.77. The maximum Gasteiger partial charge on any atom is 0.294 e. The molecule has 4 heteroatoms. The molecule has 0 bridgehead atoms. The van der Waals surface area contributed by atoms with Gasteiger partial charge in [-0.3, -0.25) is 4.79 Å². The SMILES string of the molecule is Cc1ccc(OCC(=O)N=C=O)cc1C. The molecule has 1 amide bonds. The van der Waals surface area contributed by atoms with Crippen LogP contribution in [0.15, 0.2) is 23.2 Å². The van der Waals surface area contributed by atoms with Gasteiger partial charge in [0.1, 0.15) is 5.75 Å². The summed E-state index contributed by atoms with van der Waals surface area (Å²) in [7, 11) is 0. The Morgan fingerprint density at radius 3 is 2.73 bits per heavy atom. The summed E-state index contributed by atoms with van der Waals surface area (Å²) in [5.74, 6) is -0.0456. The highest BCUT2D eigenvalue weighted by molar-refractivity contribution is 5.82. The van der Waals surface area contributed by atoms with Crippen molar-refractivity contribution >= 4 is 12.0 Å². The van der Waals surface area contributed by atoms with E-state index >= 15 is 0 Å². The lowest BCUT2D eigenvalue weighted by atomic mass is 10.1. The van der Waals surface area contributed by atoms with Crippen LogP contribution in [0.3, 0.4) is 0 Å². The van der Waals surface area contributed by atoms with Crippen molar-refractivity contribution in [2.24, 2.45) is 4.99 Å². The molecule has 0 spiro atoms. The zero-order chi connectivity index (χ0) is 11.3. The van der Waals surface area contributed by atoms with Crippen molar-refractivity contribution in [2.75, 3.05) is 6.61 Å². The summed E-state index contributed by atoms with van der Waals surface area (Å²) >= 11 is 0. The molecule has 0 radical (unpaired) electrons. The van der Waals surface area contributed by atoms with Crippen LogP contribution in [-0.4, -0.2) is 18.6 Å². The van der Waals surface area contributed by atoms with Crippen molar-refractivity contribution in [3.63, 3.8) is 0 Å². The van der Waals surface area contributed by atoms with Crippen LogP contribution < -0.4 is 4.74 Å². The second kappa shape index (κ2) is 5.08. The highest BCUT2D eigenvalue weighted by atomic mass is 16.5. The van der Waals surface area contributed by atoms with Crippen LogP contribution in [0, 0.1) is 13.8 Å². The highest BCUT2D eigenvalue weighted by Gasteiger charge is 2.01. The summed E-state index contributed by atoms with van der Waals surface area (Å²) in [4.78, 5) is 23.5. The molecular formula is C11H11NO3. The molecule has 15 heavy (non-hydrogen) atoms. The number of carbonyl (C=O) groups is 1. The summed E-state index contributed by atoms with van der Waals surface area (Å²) in [6.07, 6.45) is 1.17. The topological polar surface area (TPSA) is 55.7 Å². The lowest BCUT2D eigenvalue weighted by Gasteiger charge is -2.05. The first-order valence-electron chi connectivity index (χ1n) is 4.44. The Labute approximate surface area is 87.6 Å². The predicted octanol–water partition coefficient (Wildman–Crippen LogP) is 1.54. The van der Waals surface area contributed by atoms with E-state index in [0.717, 1.165) is 11.1 Å². The smallest absolute Gasteiger partial charge is 0.294 e. The summed E-state index contributed by atoms with van der Waals surface area (Å²) in [5.41, 5.74) is 2.23. The Balaban J connectivity index is 2.62.